The summed E-state index contributed by atoms with van der Waals surface area (Å²) in [5, 5.41) is 5.48. The van der Waals surface area contributed by atoms with Crippen LogP contribution in [0, 0.1) is 11.8 Å². The Kier molecular flexibility index (Phi) is 8.38. The zero-order valence-corrected chi connectivity index (χ0v) is 15.6. The Morgan fingerprint density at radius 2 is 1.67 bits per heavy atom. The van der Waals surface area contributed by atoms with Gasteiger partial charge >= 0.3 is 6.03 Å². The Hall–Kier alpha value is -3.33. The molecule has 6 heteroatoms. The third-order valence-electron chi connectivity index (χ3n) is 3.69. The Morgan fingerprint density at radius 3 is 2.37 bits per heavy atom. The molecule has 2 amide bonds. The molecule has 0 aromatic heterocycles. The van der Waals surface area contributed by atoms with E-state index in [-0.39, 0.29) is 19.2 Å². The van der Waals surface area contributed by atoms with Gasteiger partial charge < -0.3 is 24.8 Å². The molecule has 6 nitrogen and oxygen atoms in total. The van der Waals surface area contributed by atoms with Gasteiger partial charge in [-0.2, -0.15) is 0 Å². The number of para-hydroxylation sites is 2. The second-order valence-corrected chi connectivity index (χ2v) is 5.50. The second-order valence-electron chi connectivity index (χ2n) is 5.50. The summed E-state index contributed by atoms with van der Waals surface area (Å²) in [5.41, 5.74) is 1.13. The molecule has 0 aliphatic carbocycles. The summed E-state index contributed by atoms with van der Waals surface area (Å²) >= 11 is 0. The monoisotopic (exact) mass is 368 g/mol. The molecule has 0 saturated carbocycles. The fourth-order valence-corrected chi connectivity index (χ4v) is 2.26. The Bertz CT molecular complexity index is 779. The smallest absolute Gasteiger partial charge is 0.315 e. The van der Waals surface area contributed by atoms with Crippen molar-refractivity contribution in [1.29, 1.82) is 0 Å². The van der Waals surface area contributed by atoms with Crippen LogP contribution in [0.2, 0.25) is 0 Å². The molecule has 0 aliphatic rings. The third kappa shape index (κ3) is 7.20. The molecular formula is C21H24N2O4. The number of nitrogens with one attached hydrogen (secondary N) is 2. The van der Waals surface area contributed by atoms with Crippen molar-refractivity contribution in [2.75, 3.05) is 33.9 Å². The number of carbonyl (C=O) groups is 1. The van der Waals surface area contributed by atoms with Gasteiger partial charge in [0, 0.05) is 6.54 Å². The molecule has 2 aromatic rings. The molecule has 0 saturated heterocycles. The average Bonchev–Trinajstić information content (AvgIpc) is 2.71. The summed E-state index contributed by atoms with van der Waals surface area (Å²) in [6.07, 6.45) is 0.746. The number of carbonyl (C=O) groups excluding carboxylic acids is 1. The van der Waals surface area contributed by atoms with E-state index in [1.807, 2.05) is 48.5 Å². The molecule has 0 aliphatic heterocycles. The van der Waals surface area contributed by atoms with E-state index in [9.17, 15) is 4.79 Å². The topological polar surface area (TPSA) is 68.8 Å². The van der Waals surface area contributed by atoms with Crippen LogP contribution < -0.4 is 24.8 Å². The highest BCUT2D eigenvalue weighted by Gasteiger charge is 2.01. The summed E-state index contributed by atoms with van der Waals surface area (Å²) in [6.45, 7) is 1.02. The number of benzene rings is 2. The van der Waals surface area contributed by atoms with E-state index >= 15 is 0 Å². The van der Waals surface area contributed by atoms with Crippen molar-refractivity contribution in [2.45, 2.75) is 6.42 Å². The molecule has 0 radical (unpaired) electrons. The minimum absolute atomic E-state index is 0.223. The molecule has 2 N–H and O–H groups in total. The number of ether oxygens (including phenoxy) is 3. The first-order chi connectivity index (χ1) is 13.2. The maximum absolute atomic E-state index is 11.7. The van der Waals surface area contributed by atoms with Gasteiger partial charge in [0.15, 0.2) is 11.5 Å². The highest BCUT2D eigenvalue weighted by molar-refractivity contribution is 5.74. The van der Waals surface area contributed by atoms with Crippen molar-refractivity contribution in [1.82, 2.24) is 10.6 Å². The van der Waals surface area contributed by atoms with E-state index in [1.165, 1.54) is 0 Å². The first-order valence-electron chi connectivity index (χ1n) is 8.59. The summed E-state index contributed by atoms with van der Waals surface area (Å²) in [6, 6.07) is 14.9. The van der Waals surface area contributed by atoms with Crippen molar-refractivity contribution in [3.05, 3.63) is 54.1 Å². The van der Waals surface area contributed by atoms with E-state index in [1.54, 1.807) is 14.2 Å². The van der Waals surface area contributed by atoms with Gasteiger partial charge in [-0.25, -0.2) is 4.79 Å². The van der Waals surface area contributed by atoms with Gasteiger partial charge in [0.2, 0.25) is 0 Å². The van der Waals surface area contributed by atoms with Crippen LogP contribution in [0.15, 0.2) is 48.5 Å². The van der Waals surface area contributed by atoms with Crippen molar-refractivity contribution in [3.8, 4) is 29.1 Å². The van der Waals surface area contributed by atoms with Crippen molar-refractivity contribution < 1.29 is 19.0 Å². The molecule has 0 atom stereocenters. The largest absolute Gasteiger partial charge is 0.497 e. The van der Waals surface area contributed by atoms with Crippen LogP contribution >= 0.6 is 0 Å². The molecule has 0 bridgehead atoms. The summed E-state index contributed by atoms with van der Waals surface area (Å²) in [7, 11) is 3.22. The van der Waals surface area contributed by atoms with Gasteiger partial charge in [0.25, 0.3) is 0 Å². The predicted molar refractivity (Wildman–Crippen MR) is 104 cm³/mol. The number of amides is 2. The maximum Gasteiger partial charge on any atom is 0.315 e. The van der Waals surface area contributed by atoms with Crippen LogP contribution in [0.25, 0.3) is 0 Å². The van der Waals surface area contributed by atoms with Gasteiger partial charge in [-0.3, -0.25) is 0 Å². The Morgan fingerprint density at radius 1 is 0.926 bits per heavy atom. The standard InChI is InChI=1S/C21H24N2O4/c1-25-18-11-9-17(10-12-18)13-15-23-21(24)22-14-5-6-16-27-20-8-4-3-7-19(20)26-2/h3-4,7-12H,13-16H2,1-2H3,(H2,22,23,24). The zero-order chi connectivity index (χ0) is 19.3. The van der Waals surface area contributed by atoms with Crippen LogP contribution in [-0.4, -0.2) is 39.9 Å². The molecular weight excluding hydrogens is 344 g/mol. The molecule has 0 fully saturated rings. The van der Waals surface area contributed by atoms with E-state index < -0.39 is 0 Å². The number of methoxy groups -OCH3 is 2. The number of hydrogen-bond donors (Lipinski definition) is 2. The van der Waals surface area contributed by atoms with E-state index in [0.717, 1.165) is 17.7 Å². The SMILES string of the molecule is COc1ccc(CCNC(=O)NCC#CCOc2ccccc2OC)cc1. The number of urea groups is 1. The third-order valence-corrected chi connectivity index (χ3v) is 3.69. The quantitative estimate of drug-likeness (QED) is 0.703. The molecule has 142 valence electrons. The van der Waals surface area contributed by atoms with Crippen molar-refractivity contribution in [3.63, 3.8) is 0 Å². The van der Waals surface area contributed by atoms with Crippen LogP contribution in [0.4, 0.5) is 4.79 Å². The van der Waals surface area contributed by atoms with E-state index in [4.69, 9.17) is 14.2 Å². The van der Waals surface area contributed by atoms with Crippen molar-refractivity contribution >= 4 is 6.03 Å². The minimum atomic E-state index is -0.247. The predicted octanol–water partition coefficient (Wildman–Crippen LogP) is 2.63. The first-order valence-corrected chi connectivity index (χ1v) is 8.59. The molecule has 2 aromatic carbocycles. The van der Waals surface area contributed by atoms with Crippen LogP contribution in [0.1, 0.15) is 5.56 Å². The van der Waals surface area contributed by atoms with Gasteiger partial charge in [-0.05, 0) is 36.2 Å². The fourth-order valence-electron chi connectivity index (χ4n) is 2.26. The maximum atomic E-state index is 11.7. The number of rotatable bonds is 8. The van der Waals surface area contributed by atoms with Gasteiger partial charge in [0.1, 0.15) is 12.4 Å². The van der Waals surface area contributed by atoms with Gasteiger partial charge in [-0.15, -0.1) is 0 Å². The summed E-state index contributed by atoms with van der Waals surface area (Å²) in [5.74, 6) is 7.81. The van der Waals surface area contributed by atoms with Crippen LogP contribution in [0.5, 0.6) is 17.2 Å². The van der Waals surface area contributed by atoms with Gasteiger partial charge in [-0.1, -0.05) is 36.1 Å². The molecule has 2 rings (SSSR count). The second kappa shape index (κ2) is 11.3. The van der Waals surface area contributed by atoms with E-state index in [2.05, 4.69) is 22.5 Å². The Labute approximate surface area is 159 Å². The summed E-state index contributed by atoms with van der Waals surface area (Å²) in [4.78, 5) is 11.7. The Balaban J connectivity index is 1.60. The first kappa shape index (κ1) is 20.0. The number of hydrogen-bond acceptors (Lipinski definition) is 4. The zero-order valence-electron chi connectivity index (χ0n) is 15.6. The molecule has 0 spiro atoms. The lowest BCUT2D eigenvalue weighted by Gasteiger charge is -2.07. The normalized spacial score (nSPS) is 9.56. The van der Waals surface area contributed by atoms with Crippen molar-refractivity contribution in [2.24, 2.45) is 0 Å². The highest BCUT2D eigenvalue weighted by Crippen LogP contribution is 2.25. The summed E-state index contributed by atoms with van der Waals surface area (Å²) < 4.78 is 15.8. The lowest BCUT2D eigenvalue weighted by Crippen LogP contribution is -2.36. The molecule has 27 heavy (non-hydrogen) atoms. The highest BCUT2D eigenvalue weighted by atomic mass is 16.5. The van der Waals surface area contributed by atoms with Crippen LogP contribution in [0.3, 0.4) is 0 Å². The molecule has 0 heterocycles. The molecule has 0 unspecified atom stereocenters. The fraction of sp³-hybridized carbons (Fsp3) is 0.286. The van der Waals surface area contributed by atoms with Crippen LogP contribution in [-0.2, 0) is 6.42 Å². The lowest BCUT2D eigenvalue weighted by molar-refractivity contribution is 0.242. The van der Waals surface area contributed by atoms with Gasteiger partial charge in [0.05, 0.1) is 20.8 Å². The minimum Gasteiger partial charge on any atom is -0.497 e. The average molecular weight is 368 g/mol. The van der Waals surface area contributed by atoms with E-state index in [0.29, 0.717) is 18.0 Å². The lowest BCUT2D eigenvalue weighted by atomic mass is 10.1.